The third-order valence-corrected chi connectivity index (χ3v) is 7.80. The van der Waals surface area contributed by atoms with Crippen LogP contribution in [0.25, 0.3) is 0 Å². The molecule has 1 saturated carbocycles. The summed E-state index contributed by atoms with van der Waals surface area (Å²) in [4.78, 5) is 12.1. The summed E-state index contributed by atoms with van der Waals surface area (Å²) in [6.07, 6.45) is 5.73. The quantitative estimate of drug-likeness (QED) is 0.736. The van der Waals surface area contributed by atoms with Gasteiger partial charge in [0.2, 0.25) is 0 Å². The third kappa shape index (κ3) is 4.40. The zero-order chi connectivity index (χ0) is 14.8. The summed E-state index contributed by atoms with van der Waals surface area (Å²) in [5.74, 6) is 0.469. The van der Waals surface area contributed by atoms with E-state index in [4.69, 9.17) is 9.47 Å². The van der Waals surface area contributed by atoms with Crippen molar-refractivity contribution in [2.24, 2.45) is 5.41 Å². The second-order valence-corrected chi connectivity index (χ2v) is 13.6. The van der Waals surface area contributed by atoms with E-state index < -0.39 is 8.07 Å². The molecule has 0 spiro atoms. The number of carbonyl (C=O) groups excluding carboxylic acids is 1. The molecule has 3 nitrogen and oxygen atoms in total. The number of ketones is 1. The largest absolute Gasteiger partial charge is 0.353 e. The number of carbonyl (C=O) groups is 1. The molecule has 1 aliphatic heterocycles. The second-order valence-electron chi connectivity index (χ2n) is 8.06. The molecule has 116 valence electrons. The van der Waals surface area contributed by atoms with E-state index in [2.05, 4.69) is 26.6 Å². The molecular formula is C16H30O3Si. The molecule has 20 heavy (non-hydrogen) atoms. The van der Waals surface area contributed by atoms with Crippen molar-refractivity contribution in [3.63, 3.8) is 0 Å². The van der Waals surface area contributed by atoms with Gasteiger partial charge in [-0.05, 0) is 36.6 Å². The summed E-state index contributed by atoms with van der Waals surface area (Å²) in [5.41, 5.74) is 0.798. The van der Waals surface area contributed by atoms with Crippen LogP contribution in [0, 0.1) is 5.41 Å². The van der Waals surface area contributed by atoms with Crippen LogP contribution in [-0.4, -0.2) is 33.4 Å². The summed E-state index contributed by atoms with van der Waals surface area (Å²) in [6, 6.07) is 0. The number of rotatable bonds is 4. The smallest absolute Gasteiger partial charge is 0.157 e. The first-order valence-corrected chi connectivity index (χ1v) is 11.6. The fraction of sp³-hybridized carbons (Fsp3) is 0.938. The molecule has 0 radical (unpaired) electrons. The SMILES string of the molecule is C[C@]1(CCC2OCCCO2)CC(=O)C[C@H]([Si](C)(C)C)C1. The molecule has 2 rings (SSSR count). The van der Waals surface area contributed by atoms with Gasteiger partial charge in [0.1, 0.15) is 5.78 Å². The van der Waals surface area contributed by atoms with Gasteiger partial charge in [0, 0.05) is 20.9 Å². The first-order valence-electron chi connectivity index (χ1n) is 8.03. The Hall–Kier alpha value is -0.193. The normalized spacial score (nSPS) is 33.4. The van der Waals surface area contributed by atoms with Gasteiger partial charge in [0.05, 0.1) is 13.2 Å². The van der Waals surface area contributed by atoms with E-state index in [1.54, 1.807) is 0 Å². The molecule has 0 aromatic heterocycles. The van der Waals surface area contributed by atoms with Gasteiger partial charge in [0.25, 0.3) is 0 Å². The lowest BCUT2D eigenvalue weighted by molar-refractivity contribution is -0.184. The van der Waals surface area contributed by atoms with E-state index in [0.717, 1.165) is 45.3 Å². The highest BCUT2D eigenvalue weighted by Crippen LogP contribution is 2.47. The predicted molar refractivity (Wildman–Crippen MR) is 83.6 cm³/mol. The van der Waals surface area contributed by atoms with E-state index in [9.17, 15) is 4.79 Å². The summed E-state index contributed by atoms with van der Waals surface area (Å²) in [6.45, 7) is 11.1. The highest BCUT2D eigenvalue weighted by atomic mass is 28.3. The minimum absolute atomic E-state index is 0.0389. The predicted octanol–water partition coefficient (Wildman–Crippen LogP) is 4.00. The first-order chi connectivity index (χ1) is 9.28. The Balaban J connectivity index is 1.92. The van der Waals surface area contributed by atoms with Crippen LogP contribution in [0.5, 0.6) is 0 Å². The average molecular weight is 298 g/mol. The molecule has 0 N–H and O–H groups in total. The van der Waals surface area contributed by atoms with Crippen LogP contribution in [0.3, 0.4) is 0 Å². The van der Waals surface area contributed by atoms with Crippen LogP contribution in [-0.2, 0) is 14.3 Å². The van der Waals surface area contributed by atoms with Crippen molar-refractivity contribution in [3.05, 3.63) is 0 Å². The Bertz CT molecular complexity index is 344. The highest BCUT2D eigenvalue weighted by molar-refractivity contribution is 6.77. The molecule has 2 fully saturated rings. The van der Waals surface area contributed by atoms with Crippen LogP contribution in [0.4, 0.5) is 0 Å². The Labute approximate surface area is 124 Å². The molecule has 4 heteroatoms. The van der Waals surface area contributed by atoms with E-state index >= 15 is 0 Å². The van der Waals surface area contributed by atoms with Crippen LogP contribution in [0.15, 0.2) is 0 Å². The van der Waals surface area contributed by atoms with Gasteiger partial charge in [-0.3, -0.25) is 4.79 Å². The monoisotopic (exact) mass is 298 g/mol. The zero-order valence-corrected chi connectivity index (χ0v) is 14.5. The highest BCUT2D eigenvalue weighted by Gasteiger charge is 2.41. The fourth-order valence-electron chi connectivity index (χ4n) is 3.53. The summed E-state index contributed by atoms with van der Waals surface area (Å²) >= 11 is 0. The zero-order valence-electron chi connectivity index (χ0n) is 13.5. The van der Waals surface area contributed by atoms with Crippen LogP contribution in [0.1, 0.15) is 45.4 Å². The topological polar surface area (TPSA) is 35.5 Å². The number of hydrogen-bond acceptors (Lipinski definition) is 3. The van der Waals surface area contributed by atoms with Gasteiger partial charge in [-0.15, -0.1) is 0 Å². The molecule has 0 bridgehead atoms. The molecule has 2 atom stereocenters. The number of hydrogen-bond donors (Lipinski definition) is 0. The van der Waals surface area contributed by atoms with Crippen molar-refractivity contribution in [3.8, 4) is 0 Å². The van der Waals surface area contributed by atoms with E-state index in [1.807, 2.05) is 0 Å². The van der Waals surface area contributed by atoms with Crippen molar-refractivity contribution in [1.82, 2.24) is 0 Å². The van der Waals surface area contributed by atoms with Crippen molar-refractivity contribution in [1.29, 1.82) is 0 Å². The number of ether oxygens (including phenoxy) is 2. The van der Waals surface area contributed by atoms with E-state index in [-0.39, 0.29) is 11.7 Å². The van der Waals surface area contributed by atoms with Gasteiger partial charge >= 0.3 is 0 Å². The molecular weight excluding hydrogens is 268 g/mol. The van der Waals surface area contributed by atoms with Gasteiger partial charge in [-0.2, -0.15) is 0 Å². The molecule has 0 aromatic carbocycles. The number of Topliss-reactive ketones (excluding diaryl/α,β-unsaturated/α-hetero) is 1. The third-order valence-electron chi connectivity index (χ3n) is 4.94. The van der Waals surface area contributed by atoms with Crippen molar-refractivity contribution in [2.45, 2.75) is 76.9 Å². The second kappa shape index (κ2) is 6.28. The van der Waals surface area contributed by atoms with Gasteiger partial charge in [-0.1, -0.05) is 26.6 Å². The maximum atomic E-state index is 12.1. The van der Waals surface area contributed by atoms with Gasteiger partial charge < -0.3 is 9.47 Å². The van der Waals surface area contributed by atoms with E-state index in [1.165, 1.54) is 6.42 Å². The maximum absolute atomic E-state index is 12.1. The first kappa shape index (κ1) is 16.2. The molecule has 1 aliphatic carbocycles. The molecule has 0 aromatic rings. The van der Waals surface area contributed by atoms with Crippen LogP contribution >= 0.6 is 0 Å². The molecule has 0 unspecified atom stereocenters. The van der Waals surface area contributed by atoms with Crippen molar-refractivity contribution < 1.29 is 14.3 Å². The fourth-order valence-corrected chi connectivity index (χ4v) is 5.48. The standard InChI is InChI=1S/C16H30O3Si/c1-16(7-6-15-18-8-5-9-19-15)11-13(17)10-14(12-16)20(2,3)4/h14-15H,5-12H2,1-4H3/t14-,16-/m0/s1. The van der Waals surface area contributed by atoms with Gasteiger partial charge in [-0.25, -0.2) is 0 Å². The molecule has 1 heterocycles. The lowest BCUT2D eigenvalue weighted by Crippen LogP contribution is -2.39. The summed E-state index contributed by atoms with van der Waals surface area (Å²) < 4.78 is 11.3. The van der Waals surface area contributed by atoms with Crippen molar-refractivity contribution in [2.75, 3.05) is 13.2 Å². The van der Waals surface area contributed by atoms with Gasteiger partial charge in [0.15, 0.2) is 6.29 Å². The lowest BCUT2D eigenvalue weighted by atomic mass is 9.72. The average Bonchev–Trinajstić information content (AvgIpc) is 2.36. The van der Waals surface area contributed by atoms with Crippen LogP contribution in [0.2, 0.25) is 25.2 Å². The maximum Gasteiger partial charge on any atom is 0.157 e. The van der Waals surface area contributed by atoms with Crippen molar-refractivity contribution >= 4 is 13.9 Å². The molecule has 0 amide bonds. The minimum Gasteiger partial charge on any atom is -0.353 e. The Morgan fingerprint density at radius 1 is 1.25 bits per heavy atom. The Morgan fingerprint density at radius 2 is 1.90 bits per heavy atom. The summed E-state index contributed by atoms with van der Waals surface area (Å²) in [5, 5.41) is 0. The minimum atomic E-state index is -1.24. The Morgan fingerprint density at radius 3 is 2.50 bits per heavy atom. The Kier molecular flexibility index (Phi) is 5.08. The molecule has 2 aliphatic rings. The van der Waals surface area contributed by atoms with Crippen LogP contribution < -0.4 is 0 Å². The van der Waals surface area contributed by atoms with E-state index in [0.29, 0.717) is 11.3 Å². The lowest BCUT2D eigenvalue weighted by Gasteiger charge is -2.42. The summed E-state index contributed by atoms with van der Waals surface area (Å²) in [7, 11) is -1.24. The molecule has 1 saturated heterocycles.